The van der Waals surface area contributed by atoms with Crippen molar-refractivity contribution in [3.63, 3.8) is 0 Å². The number of aryl methyl sites for hydroxylation is 1. The van der Waals surface area contributed by atoms with Crippen molar-refractivity contribution in [2.75, 3.05) is 38.5 Å². The Morgan fingerprint density at radius 2 is 1.85 bits per heavy atom. The van der Waals surface area contributed by atoms with Crippen LogP contribution in [0.25, 0.3) is 0 Å². The van der Waals surface area contributed by atoms with E-state index in [0.717, 1.165) is 31.6 Å². The largest absolute Gasteiger partial charge is 0.356 e. The third kappa shape index (κ3) is 8.68. The smallest absolute Gasteiger partial charge is 0.243 e. The van der Waals surface area contributed by atoms with Gasteiger partial charge in [-0.05, 0) is 36.1 Å². The molecule has 0 bridgehead atoms. The molecule has 1 unspecified atom stereocenters. The van der Waals surface area contributed by atoms with Crippen LogP contribution in [0.5, 0.6) is 0 Å². The van der Waals surface area contributed by atoms with Gasteiger partial charge in [-0.3, -0.25) is 14.6 Å². The minimum atomic E-state index is -0.135. The first-order valence-electron chi connectivity index (χ1n) is 11.2. The predicted molar refractivity (Wildman–Crippen MR) is 144 cm³/mol. The van der Waals surface area contributed by atoms with E-state index in [9.17, 15) is 9.59 Å². The van der Waals surface area contributed by atoms with Gasteiger partial charge >= 0.3 is 0 Å². The number of guanidine groups is 1. The minimum absolute atomic E-state index is 0. The molecule has 1 heterocycles. The molecule has 1 saturated heterocycles. The predicted octanol–water partition coefficient (Wildman–Crippen LogP) is 3.06. The summed E-state index contributed by atoms with van der Waals surface area (Å²) in [4.78, 5) is 30.7. The monoisotopic (exact) mass is 563 g/mol. The molecule has 3 N–H and O–H groups in total. The number of nitrogens with zero attached hydrogens (tertiary/aromatic N) is 2. The highest BCUT2D eigenvalue weighted by Gasteiger charge is 2.29. The van der Waals surface area contributed by atoms with E-state index in [-0.39, 0.29) is 48.3 Å². The van der Waals surface area contributed by atoms with Crippen molar-refractivity contribution >= 4 is 47.4 Å². The van der Waals surface area contributed by atoms with Gasteiger partial charge < -0.3 is 20.9 Å². The Bertz CT molecular complexity index is 935. The second kappa shape index (κ2) is 13.8. The third-order valence-electron chi connectivity index (χ3n) is 5.62. The molecule has 2 amide bonds. The number of carbonyl (C=O) groups excluding carboxylic acids is 2. The van der Waals surface area contributed by atoms with Crippen LogP contribution in [0, 0.1) is 5.92 Å². The zero-order valence-electron chi connectivity index (χ0n) is 19.3. The average Bonchev–Trinajstić information content (AvgIpc) is 3.18. The highest BCUT2D eigenvalue weighted by Crippen LogP contribution is 2.17. The zero-order valence-corrected chi connectivity index (χ0v) is 21.7. The van der Waals surface area contributed by atoms with Gasteiger partial charge in [0.1, 0.15) is 0 Å². The maximum absolute atomic E-state index is 12.4. The van der Waals surface area contributed by atoms with Gasteiger partial charge in [0, 0.05) is 44.7 Å². The Labute approximate surface area is 213 Å². The second-order valence-electron chi connectivity index (χ2n) is 8.05. The summed E-state index contributed by atoms with van der Waals surface area (Å²) in [6, 6.07) is 18.1. The van der Waals surface area contributed by atoms with Crippen LogP contribution in [0.2, 0.25) is 0 Å². The lowest BCUT2D eigenvalue weighted by molar-refractivity contribution is -0.127. The van der Waals surface area contributed by atoms with E-state index in [0.29, 0.717) is 18.9 Å². The second-order valence-corrected chi connectivity index (χ2v) is 8.05. The summed E-state index contributed by atoms with van der Waals surface area (Å²) in [6.07, 6.45) is 2.32. The molecule has 0 radical (unpaired) electrons. The minimum Gasteiger partial charge on any atom is -0.356 e. The number of rotatable bonds is 9. The third-order valence-corrected chi connectivity index (χ3v) is 5.62. The molecule has 33 heavy (non-hydrogen) atoms. The van der Waals surface area contributed by atoms with Crippen molar-refractivity contribution in [2.45, 2.75) is 26.2 Å². The van der Waals surface area contributed by atoms with Crippen molar-refractivity contribution < 1.29 is 9.59 Å². The molecule has 7 nitrogen and oxygen atoms in total. The van der Waals surface area contributed by atoms with Crippen LogP contribution < -0.4 is 16.0 Å². The summed E-state index contributed by atoms with van der Waals surface area (Å²) in [7, 11) is 1.67. The fourth-order valence-electron chi connectivity index (χ4n) is 3.82. The molecular formula is C25H34IN5O2. The molecular weight excluding hydrogens is 529 g/mol. The molecule has 1 atom stereocenters. The van der Waals surface area contributed by atoms with Gasteiger partial charge in [-0.1, -0.05) is 49.4 Å². The number of likely N-dealkylation sites (tertiary alicyclic amines) is 1. The maximum Gasteiger partial charge on any atom is 0.243 e. The van der Waals surface area contributed by atoms with E-state index < -0.39 is 0 Å². The Morgan fingerprint density at radius 3 is 2.58 bits per heavy atom. The van der Waals surface area contributed by atoms with E-state index in [1.54, 1.807) is 7.05 Å². The fraction of sp³-hybridized carbons (Fsp3) is 0.400. The molecule has 1 aliphatic rings. The van der Waals surface area contributed by atoms with Crippen LogP contribution >= 0.6 is 24.0 Å². The van der Waals surface area contributed by atoms with Gasteiger partial charge in [-0.2, -0.15) is 0 Å². The van der Waals surface area contributed by atoms with E-state index in [1.165, 1.54) is 11.1 Å². The number of benzene rings is 2. The first kappa shape index (κ1) is 26.6. The Hall–Kier alpha value is -2.62. The summed E-state index contributed by atoms with van der Waals surface area (Å²) >= 11 is 0. The number of aliphatic imine (C=N–C) groups is 1. The van der Waals surface area contributed by atoms with Crippen LogP contribution in [0.4, 0.5) is 5.69 Å². The summed E-state index contributed by atoms with van der Waals surface area (Å²) in [5.74, 6) is 0.841. The van der Waals surface area contributed by atoms with Crippen molar-refractivity contribution in [3.8, 4) is 0 Å². The molecule has 3 rings (SSSR count). The highest BCUT2D eigenvalue weighted by molar-refractivity contribution is 14.0. The lowest BCUT2D eigenvalue weighted by Crippen LogP contribution is -2.43. The molecule has 2 aromatic rings. The summed E-state index contributed by atoms with van der Waals surface area (Å²) in [6.45, 7) is 4.31. The Balaban J connectivity index is 0.00000385. The normalized spacial score (nSPS) is 15.7. The van der Waals surface area contributed by atoms with Gasteiger partial charge in [0.15, 0.2) is 5.96 Å². The molecule has 8 heteroatoms. The summed E-state index contributed by atoms with van der Waals surface area (Å²) in [5.41, 5.74) is 3.21. The van der Waals surface area contributed by atoms with Crippen LogP contribution in [0.3, 0.4) is 0 Å². The lowest BCUT2D eigenvalue weighted by atomic mass is 10.1. The van der Waals surface area contributed by atoms with Crippen molar-refractivity contribution in [1.82, 2.24) is 15.5 Å². The van der Waals surface area contributed by atoms with Gasteiger partial charge in [-0.15, -0.1) is 24.0 Å². The average molecular weight is 563 g/mol. The van der Waals surface area contributed by atoms with E-state index in [4.69, 9.17) is 0 Å². The van der Waals surface area contributed by atoms with E-state index >= 15 is 0 Å². The topological polar surface area (TPSA) is 85.8 Å². The number of hydrogen-bond acceptors (Lipinski definition) is 3. The Kier molecular flexibility index (Phi) is 11.2. The number of halogens is 1. The van der Waals surface area contributed by atoms with Crippen molar-refractivity contribution in [3.05, 3.63) is 65.7 Å². The summed E-state index contributed by atoms with van der Waals surface area (Å²) < 4.78 is 0. The standard InChI is InChI=1S/C25H33N5O2.HI/c1-3-19-10-7-11-22(14-19)29-23(31)17-28-25(26-2)27-16-21-15-24(32)30(18-21)13-12-20-8-5-4-6-9-20;/h4-11,14,21H,3,12-13,15-18H2,1-2H3,(H,29,31)(H2,26,27,28);1H. The van der Waals surface area contributed by atoms with Gasteiger partial charge in [0.05, 0.1) is 6.54 Å². The molecule has 1 aliphatic heterocycles. The maximum atomic E-state index is 12.4. The first-order valence-corrected chi connectivity index (χ1v) is 11.2. The molecule has 0 aliphatic carbocycles. The number of amides is 2. The highest BCUT2D eigenvalue weighted by atomic mass is 127. The van der Waals surface area contributed by atoms with Crippen molar-refractivity contribution in [2.24, 2.45) is 10.9 Å². The fourth-order valence-corrected chi connectivity index (χ4v) is 3.82. The number of hydrogen-bond donors (Lipinski definition) is 3. The van der Waals surface area contributed by atoms with E-state index in [1.807, 2.05) is 47.4 Å². The number of anilines is 1. The van der Waals surface area contributed by atoms with Crippen molar-refractivity contribution in [1.29, 1.82) is 0 Å². The van der Waals surface area contributed by atoms with E-state index in [2.05, 4.69) is 40.0 Å². The van der Waals surface area contributed by atoms with Gasteiger partial charge in [0.25, 0.3) is 0 Å². The Morgan fingerprint density at radius 1 is 1.09 bits per heavy atom. The summed E-state index contributed by atoms with van der Waals surface area (Å²) in [5, 5.41) is 9.18. The van der Waals surface area contributed by atoms with Crippen LogP contribution in [-0.2, 0) is 22.4 Å². The zero-order chi connectivity index (χ0) is 22.8. The molecule has 0 aromatic heterocycles. The van der Waals surface area contributed by atoms with Crippen LogP contribution in [0.1, 0.15) is 24.5 Å². The first-order chi connectivity index (χ1) is 15.6. The number of nitrogens with one attached hydrogen (secondary N) is 3. The van der Waals surface area contributed by atoms with Gasteiger partial charge in [-0.25, -0.2) is 0 Å². The molecule has 178 valence electrons. The number of carbonyl (C=O) groups is 2. The van der Waals surface area contributed by atoms with Gasteiger partial charge in [0.2, 0.25) is 11.8 Å². The molecule has 0 saturated carbocycles. The quantitative estimate of drug-likeness (QED) is 0.249. The van der Waals surface area contributed by atoms with Crippen LogP contribution in [0.15, 0.2) is 59.6 Å². The van der Waals surface area contributed by atoms with Crippen LogP contribution in [-0.4, -0.2) is 55.9 Å². The molecule has 1 fully saturated rings. The molecule has 2 aromatic carbocycles. The lowest BCUT2D eigenvalue weighted by Gasteiger charge is -2.18. The SMILES string of the molecule is CCc1cccc(NC(=O)CNC(=NC)NCC2CC(=O)N(CCc3ccccc3)C2)c1.I. The molecule has 0 spiro atoms.